The number of rotatable bonds is 12. The van der Waals surface area contributed by atoms with Gasteiger partial charge in [0.25, 0.3) is 0 Å². The summed E-state index contributed by atoms with van der Waals surface area (Å²) in [6.45, 7) is 8.98. The number of hydrogen-bond acceptors (Lipinski definition) is 4. The van der Waals surface area contributed by atoms with Gasteiger partial charge in [0.1, 0.15) is 37.9 Å². The first kappa shape index (κ1) is 24.3. The monoisotopic (exact) mass is 490 g/mol. The van der Waals surface area contributed by atoms with Gasteiger partial charge in [0, 0.05) is 0 Å². The van der Waals surface area contributed by atoms with Crippen molar-refractivity contribution in [2.24, 2.45) is 0 Å². The quantitative estimate of drug-likeness (QED) is 0.138. The van der Waals surface area contributed by atoms with Gasteiger partial charge in [0.05, 0.1) is 17.9 Å². The van der Waals surface area contributed by atoms with Crippen LogP contribution in [0, 0.1) is 0 Å². The van der Waals surface area contributed by atoms with Crippen molar-refractivity contribution < 1.29 is 18.9 Å². The molecule has 1 aliphatic rings. The van der Waals surface area contributed by atoms with Crippen molar-refractivity contribution in [3.05, 3.63) is 145 Å². The van der Waals surface area contributed by atoms with E-state index in [2.05, 4.69) is 86.0 Å². The van der Waals surface area contributed by atoms with Gasteiger partial charge in [-0.05, 0) is 57.6 Å². The topological polar surface area (TPSA) is 36.9 Å². The van der Waals surface area contributed by atoms with Gasteiger partial charge in [-0.3, -0.25) is 0 Å². The molecular weight excluding hydrogens is 460 g/mol. The van der Waals surface area contributed by atoms with Gasteiger partial charge in [-0.1, -0.05) is 86.0 Å². The van der Waals surface area contributed by atoms with Gasteiger partial charge in [-0.2, -0.15) is 0 Å². The summed E-state index contributed by atoms with van der Waals surface area (Å²) in [6.07, 6.45) is 2.85. The Morgan fingerprint density at radius 2 is 0.919 bits per heavy atom. The highest BCUT2D eigenvalue weighted by Crippen LogP contribution is 2.56. The summed E-state index contributed by atoms with van der Waals surface area (Å²) in [5, 5.41) is 0. The Morgan fingerprint density at radius 1 is 0.514 bits per heavy atom. The molecule has 0 spiro atoms. The van der Waals surface area contributed by atoms with Crippen molar-refractivity contribution in [2.75, 3.05) is 26.4 Å². The maximum atomic E-state index is 5.87. The van der Waals surface area contributed by atoms with E-state index in [1.54, 1.807) is 0 Å². The fraction of sp³-hybridized carbons (Fsp3) is 0.152. The summed E-state index contributed by atoms with van der Waals surface area (Å²) >= 11 is 0. The maximum Gasteiger partial charge on any atom is 0.122 e. The van der Waals surface area contributed by atoms with E-state index in [4.69, 9.17) is 18.9 Å². The Balaban J connectivity index is 1.58. The largest absolute Gasteiger partial charge is 0.498 e. The van der Waals surface area contributed by atoms with Crippen LogP contribution in [0.3, 0.4) is 0 Å². The Morgan fingerprint density at radius 3 is 1.32 bits per heavy atom. The van der Waals surface area contributed by atoms with E-state index in [-0.39, 0.29) is 0 Å². The van der Waals surface area contributed by atoms with E-state index in [1.165, 1.54) is 45.9 Å². The molecule has 0 N–H and O–H groups in total. The predicted molar refractivity (Wildman–Crippen MR) is 147 cm³/mol. The molecule has 0 aliphatic heterocycles. The van der Waals surface area contributed by atoms with E-state index in [0.717, 1.165) is 11.5 Å². The zero-order valence-corrected chi connectivity index (χ0v) is 20.8. The molecule has 4 aromatic carbocycles. The lowest BCUT2D eigenvalue weighted by Crippen LogP contribution is -2.28. The molecule has 186 valence electrons. The van der Waals surface area contributed by atoms with Crippen molar-refractivity contribution in [1.82, 2.24) is 0 Å². The Labute approximate surface area is 218 Å². The van der Waals surface area contributed by atoms with E-state index < -0.39 is 5.41 Å². The molecule has 0 amide bonds. The molecule has 0 saturated heterocycles. The number of hydrogen-bond donors (Lipinski definition) is 0. The predicted octanol–water partition coefficient (Wildman–Crippen LogP) is 7.13. The molecule has 0 bridgehead atoms. The molecule has 0 heterocycles. The first-order valence-corrected chi connectivity index (χ1v) is 12.4. The van der Waals surface area contributed by atoms with Gasteiger partial charge in [0.2, 0.25) is 0 Å². The first-order chi connectivity index (χ1) is 18.3. The van der Waals surface area contributed by atoms with E-state index in [1.807, 2.05) is 24.3 Å². The molecule has 0 saturated carbocycles. The Hall–Kier alpha value is -4.44. The SMILES string of the molecule is C=COCCOc1ccc(C2(c3ccc(OCCOC=C)cc3)c3ccccc3-c3ccccc32)cc1. The standard InChI is InChI=1S/C33H30O4/c1-3-34-21-23-36-27-17-13-25(14-18-27)33(26-15-19-28(20-16-26)37-24-22-35-4-2)31-11-7-5-9-29(31)30-10-6-8-12-32(30)33/h3-20H,1-2,21-24H2. The summed E-state index contributed by atoms with van der Waals surface area (Å²) in [6, 6.07) is 34.2. The summed E-state index contributed by atoms with van der Waals surface area (Å²) in [5.41, 5.74) is 6.90. The lowest BCUT2D eigenvalue weighted by Gasteiger charge is -2.34. The third kappa shape index (κ3) is 4.58. The highest BCUT2D eigenvalue weighted by Gasteiger charge is 2.45. The second kappa shape index (κ2) is 11.1. The fourth-order valence-electron chi connectivity index (χ4n) is 5.21. The number of benzene rings is 4. The second-order valence-electron chi connectivity index (χ2n) is 8.66. The molecule has 1 aliphatic carbocycles. The minimum atomic E-state index is -0.470. The molecule has 0 fully saturated rings. The van der Waals surface area contributed by atoms with Crippen molar-refractivity contribution in [2.45, 2.75) is 5.41 Å². The van der Waals surface area contributed by atoms with E-state index >= 15 is 0 Å². The van der Waals surface area contributed by atoms with Crippen LogP contribution in [0.2, 0.25) is 0 Å². The van der Waals surface area contributed by atoms with Crippen molar-refractivity contribution in [1.29, 1.82) is 0 Å². The molecule has 37 heavy (non-hydrogen) atoms. The third-order valence-electron chi connectivity index (χ3n) is 6.70. The summed E-state index contributed by atoms with van der Waals surface area (Å²) in [5.74, 6) is 1.60. The van der Waals surface area contributed by atoms with Gasteiger partial charge >= 0.3 is 0 Å². The molecule has 0 unspecified atom stereocenters. The first-order valence-electron chi connectivity index (χ1n) is 12.4. The smallest absolute Gasteiger partial charge is 0.122 e. The highest BCUT2D eigenvalue weighted by atomic mass is 16.5. The molecule has 4 aromatic rings. The van der Waals surface area contributed by atoms with Crippen molar-refractivity contribution >= 4 is 0 Å². The molecule has 0 radical (unpaired) electrons. The normalized spacial score (nSPS) is 12.6. The molecule has 0 aromatic heterocycles. The summed E-state index contributed by atoms with van der Waals surface area (Å²) in [4.78, 5) is 0. The third-order valence-corrected chi connectivity index (χ3v) is 6.70. The highest BCUT2D eigenvalue weighted by molar-refractivity contribution is 5.86. The lowest BCUT2D eigenvalue weighted by atomic mass is 9.68. The Bertz CT molecular complexity index is 1250. The van der Waals surface area contributed by atoms with Crippen LogP contribution >= 0.6 is 0 Å². The minimum absolute atomic E-state index is 0.460. The van der Waals surface area contributed by atoms with Crippen LogP contribution in [0.15, 0.2) is 123 Å². The van der Waals surface area contributed by atoms with E-state index in [0.29, 0.717) is 26.4 Å². The fourth-order valence-corrected chi connectivity index (χ4v) is 5.21. The van der Waals surface area contributed by atoms with Crippen LogP contribution in [-0.4, -0.2) is 26.4 Å². The van der Waals surface area contributed by atoms with Crippen LogP contribution in [0.4, 0.5) is 0 Å². The van der Waals surface area contributed by atoms with Gasteiger partial charge in [-0.25, -0.2) is 0 Å². The number of fused-ring (bicyclic) bond motifs is 3. The molecule has 0 atom stereocenters. The zero-order valence-electron chi connectivity index (χ0n) is 20.8. The van der Waals surface area contributed by atoms with Crippen LogP contribution in [0.25, 0.3) is 11.1 Å². The van der Waals surface area contributed by atoms with E-state index in [9.17, 15) is 0 Å². The average molecular weight is 491 g/mol. The van der Waals surface area contributed by atoms with Crippen molar-refractivity contribution in [3.8, 4) is 22.6 Å². The van der Waals surface area contributed by atoms with Gasteiger partial charge in [0.15, 0.2) is 0 Å². The van der Waals surface area contributed by atoms with Gasteiger partial charge < -0.3 is 18.9 Å². The zero-order chi connectivity index (χ0) is 25.5. The summed E-state index contributed by atoms with van der Waals surface area (Å²) < 4.78 is 22.1. The molecule has 4 nitrogen and oxygen atoms in total. The molecule has 5 rings (SSSR count). The van der Waals surface area contributed by atoms with Crippen LogP contribution in [-0.2, 0) is 14.9 Å². The van der Waals surface area contributed by atoms with Crippen molar-refractivity contribution in [3.63, 3.8) is 0 Å². The molecule has 4 heteroatoms. The Kier molecular flexibility index (Phi) is 7.27. The summed E-state index contributed by atoms with van der Waals surface area (Å²) in [7, 11) is 0. The van der Waals surface area contributed by atoms with Gasteiger partial charge in [-0.15, -0.1) is 0 Å². The maximum absolute atomic E-state index is 5.87. The van der Waals surface area contributed by atoms with Crippen LogP contribution in [0.1, 0.15) is 22.3 Å². The number of ether oxygens (including phenoxy) is 4. The second-order valence-corrected chi connectivity index (χ2v) is 8.66. The van der Waals surface area contributed by atoms with Crippen LogP contribution in [0.5, 0.6) is 11.5 Å². The van der Waals surface area contributed by atoms with Crippen LogP contribution < -0.4 is 9.47 Å². The minimum Gasteiger partial charge on any atom is -0.498 e. The lowest BCUT2D eigenvalue weighted by molar-refractivity contribution is 0.179. The molecular formula is C33H30O4. The average Bonchev–Trinajstić information content (AvgIpc) is 3.25.